The second-order valence-electron chi connectivity index (χ2n) is 4.83. The first-order valence-electron chi connectivity index (χ1n) is 6.48. The summed E-state index contributed by atoms with van der Waals surface area (Å²) in [6.45, 7) is 2.07. The molecule has 2 N–H and O–H groups in total. The van der Waals surface area contributed by atoms with Crippen molar-refractivity contribution in [2.75, 3.05) is 11.9 Å². The molecule has 2 aromatic rings. The molecule has 0 aliphatic carbocycles. The van der Waals surface area contributed by atoms with Crippen LogP contribution < -0.4 is 10.6 Å². The highest BCUT2D eigenvalue weighted by Gasteiger charge is 2.18. The highest BCUT2D eigenvalue weighted by atomic mass is 35.5. The molecule has 0 saturated carbocycles. The van der Waals surface area contributed by atoms with E-state index in [-0.39, 0.29) is 6.04 Å². The topological polar surface area (TPSA) is 29.3 Å². The predicted molar refractivity (Wildman–Crippen MR) is 95.6 cm³/mol. The molecule has 110 valence electrons. The maximum Gasteiger partial charge on any atom is 0.106 e. The molecule has 0 saturated heterocycles. The number of nitrogens with two attached hydrogens (primary N) is 1. The van der Waals surface area contributed by atoms with E-state index in [4.69, 9.17) is 41.2 Å². The summed E-state index contributed by atoms with van der Waals surface area (Å²) in [5.74, 6) is 0. The molecule has 0 bridgehead atoms. The Morgan fingerprint density at radius 1 is 1.19 bits per heavy atom. The number of benzene rings is 2. The molecule has 0 spiro atoms. The van der Waals surface area contributed by atoms with Crippen molar-refractivity contribution in [2.45, 2.75) is 13.0 Å². The van der Waals surface area contributed by atoms with E-state index in [1.54, 1.807) is 6.07 Å². The third kappa shape index (κ3) is 3.49. The minimum Gasteiger partial charge on any atom is -0.389 e. The van der Waals surface area contributed by atoms with Gasteiger partial charge in [-0.1, -0.05) is 53.6 Å². The smallest absolute Gasteiger partial charge is 0.106 e. The van der Waals surface area contributed by atoms with Crippen molar-refractivity contribution in [3.63, 3.8) is 0 Å². The summed E-state index contributed by atoms with van der Waals surface area (Å²) in [4.78, 5) is 2.42. The Labute approximate surface area is 140 Å². The summed E-state index contributed by atoms with van der Waals surface area (Å²) in [6, 6.07) is 13.3. The molecule has 0 aromatic heterocycles. The maximum atomic E-state index is 6.28. The SMILES string of the molecule is CC(c1ccccc1Cl)N(C)c1cc(Cl)ccc1C(N)=S. The van der Waals surface area contributed by atoms with E-state index in [0.717, 1.165) is 21.8 Å². The first-order valence-corrected chi connectivity index (χ1v) is 7.65. The minimum atomic E-state index is 0.0604. The van der Waals surface area contributed by atoms with Crippen LogP contribution in [0.5, 0.6) is 0 Å². The number of nitrogens with zero attached hydrogens (tertiary/aromatic N) is 1. The van der Waals surface area contributed by atoms with Gasteiger partial charge in [-0.3, -0.25) is 0 Å². The molecule has 2 aromatic carbocycles. The van der Waals surface area contributed by atoms with E-state index < -0.39 is 0 Å². The van der Waals surface area contributed by atoms with Crippen LogP contribution in [0, 0.1) is 0 Å². The van der Waals surface area contributed by atoms with Gasteiger partial charge in [-0.25, -0.2) is 0 Å². The van der Waals surface area contributed by atoms with Gasteiger partial charge in [-0.05, 0) is 36.8 Å². The van der Waals surface area contributed by atoms with Crippen molar-refractivity contribution in [1.29, 1.82) is 0 Å². The maximum absolute atomic E-state index is 6.28. The normalized spacial score (nSPS) is 12.0. The van der Waals surface area contributed by atoms with Gasteiger partial charge in [0.25, 0.3) is 0 Å². The fourth-order valence-corrected chi connectivity index (χ4v) is 2.87. The lowest BCUT2D eigenvalue weighted by Gasteiger charge is -2.30. The van der Waals surface area contributed by atoms with Gasteiger partial charge < -0.3 is 10.6 Å². The molecule has 1 unspecified atom stereocenters. The molecule has 0 amide bonds. The van der Waals surface area contributed by atoms with Crippen LogP contribution in [0.3, 0.4) is 0 Å². The molecule has 0 aliphatic rings. The van der Waals surface area contributed by atoms with Crippen LogP contribution in [-0.2, 0) is 0 Å². The molecule has 0 fully saturated rings. The van der Waals surface area contributed by atoms with Gasteiger partial charge in [-0.2, -0.15) is 0 Å². The molecule has 2 rings (SSSR count). The van der Waals surface area contributed by atoms with Crippen LogP contribution in [0.4, 0.5) is 5.69 Å². The van der Waals surface area contributed by atoms with Crippen LogP contribution in [0.2, 0.25) is 10.0 Å². The average molecular weight is 339 g/mol. The van der Waals surface area contributed by atoms with Crippen LogP contribution in [-0.4, -0.2) is 12.0 Å². The molecular weight excluding hydrogens is 323 g/mol. The van der Waals surface area contributed by atoms with E-state index in [0.29, 0.717) is 10.0 Å². The van der Waals surface area contributed by atoms with E-state index >= 15 is 0 Å². The molecule has 2 nitrogen and oxygen atoms in total. The van der Waals surface area contributed by atoms with Gasteiger partial charge in [0.15, 0.2) is 0 Å². The number of hydrogen-bond donors (Lipinski definition) is 1. The van der Waals surface area contributed by atoms with E-state index in [2.05, 4.69) is 11.8 Å². The predicted octanol–water partition coefficient (Wildman–Crippen LogP) is 4.83. The Morgan fingerprint density at radius 2 is 1.86 bits per heavy atom. The van der Waals surface area contributed by atoms with Gasteiger partial charge in [-0.15, -0.1) is 0 Å². The van der Waals surface area contributed by atoms with E-state index in [1.807, 2.05) is 43.4 Å². The Morgan fingerprint density at radius 3 is 2.48 bits per heavy atom. The Hall–Kier alpha value is -1.29. The molecular formula is C16H16Cl2N2S. The second kappa shape index (κ2) is 6.65. The van der Waals surface area contributed by atoms with Crippen LogP contribution in [0.25, 0.3) is 0 Å². The first-order chi connectivity index (χ1) is 9.91. The summed E-state index contributed by atoms with van der Waals surface area (Å²) in [6.07, 6.45) is 0. The zero-order chi connectivity index (χ0) is 15.6. The van der Waals surface area contributed by atoms with Crippen LogP contribution in [0.15, 0.2) is 42.5 Å². The van der Waals surface area contributed by atoms with Crippen LogP contribution >= 0.6 is 35.4 Å². The molecule has 0 radical (unpaired) electrons. The Bertz CT molecular complexity index is 673. The van der Waals surface area contributed by atoms with Gasteiger partial charge in [0, 0.05) is 28.3 Å². The fraction of sp³-hybridized carbons (Fsp3) is 0.188. The van der Waals surface area contributed by atoms with Gasteiger partial charge in [0.2, 0.25) is 0 Å². The lowest BCUT2D eigenvalue weighted by molar-refractivity contribution is 0.739. The average Bonchev–Trinajstić information content (AvgIpc) is 2.45. The quantitative estimate of drug-likeness (QED) is 0.810. The van der Waals surface area contributed by atoms with Gasteiger partial charge >= 0.3 is 0 Å². The first kappa shape index (κ1) is 16.1. The monoisotopic (exact) mass is 338 g/mol. The summed E-state index contributed by atoms with van der Waals surface area (Å²) < 4.78 is 0. The highest BCUT2D eigenvalue weighted by molar-refractivity contribution is 7.80. The number of thiocarbonyl (C=S) groups is 1. The summed E-state index contributed by atoms with van der Waals surface area (Å²) in [5, 5.41) is 1.37. The summed E-state index contributed by atoms with van der Waals surface area (Å²) in [7, 11) is 1.97. The van der Waals surface area contributed by atoms with Crippen molar-refractivity contribution < 1.29 is 0 Å². The second-order valence-corrected chi connectivity index (χ2v) is 6.12. The molecule has 0 heterocycles. The number of halogens is 2. The standard InChI is InChI=1S/C16H16Cl2N2S/c1-10(12-5-3-4-6-14(12)18)20(2)15-9-11(17)7-8-13(15)16(19)21/h3-10H,1-2H3,(H2,19,21). The Kier molecular flexibility index (Phi) is 5.09. The largest absolute Gasteiger partial charge is 0.389 e. The highest BCUT2D eigenvalue weighted by Crippen LogP contribution is 2.33. The fourth-order valence-electron chi connectivity index (χ4n) is 2.24. The van der Waals surface area contributed by atoms with Crippen molar-refractivity contribution in [3.8, 4) is 0 Å². The van der Waals surface area contributed by atoms with E-state index in [1.165, 1.54) is 0 Å². The third-order valence-corrected chi connectivity index (χ3v) is 4.34. The lowest BCUT2D eigenvalue weighted by Crippen LogP contribution is -2.25. The number of rotatable bonds is 4. The summed E-state index contributed by atoms with van der Waals surface area (Å²) >= 11 is 17.5. The minimum absolute atomic E-state index is 0.0604. The summed E-state index contributed by atoms with van der Waals surface area (Å²) in [5.41, 5.74) is 8.54. The molecule has 1 atom stereocenters. The zero-order valence-electron chi connectivity index (χ0n) is 11.8. The van der Waals surface area contributed by atoms with Gasteiger partial charge in [0.05, 0.1) is 6.04 Å². The zero-order valence-corrected chi connectivity index (χ0v) is 14.1. The molecule has 21 heavy (non-hydrogen) atoms. The third-order valence-electron chi connectivity index (χ3n) is 3.54. The Balaban J connectivity index is 2.44. The van der Waals surface area contributed by atoms with Crippen molar-refractivity contribution in [2.24, 2.45) is 5.73 Å². The van der Waals surface area contributed by atoms with E-state index in [9.17, 15) is 0 Å². The van der Waals surface area contributed by atoms with Crippen LogP contribution in [0.1, 0.15) is 24.1 Å². The number of anilines is 1. The van der Waals surface area contributed by atoms with Crippen molar-refractivity contribution in [3.05, 3.63) is 63.6 Å². The molecule has 0 aliphatic heterocycles. The molecule has 5 heteroatoms. The van der Waals surface area contributed by atoms with Gasteiger partial charge in [0.1, 0.15) is 4.99 Å². The van der Waals surface area contributed by atoms with Crippen molar-refractivity contribution >= 4 is 46.1 Å². The van der Waals surface area contributed by atoms with Crippen molar-refractivity contribution in [1.82, 2.24) is 0 Å². The number of hydrogen-bond acceptors (Lipinski definition) is 2. The lowest BCUT2D eigenvalue weighted by atomic mass is 10.0.